The smallest absolute Gasteiger partial charge is 0.333 e. The molecule has 0 heterocycles. The van der Waals surface area contributed by atoms with Crippen LogP contribution in [-0.4, -0.2) is 31.1 Å². The molecule has 7 nitrogen and oxygen atoms in total. The Bertz CT molecular complexity index is 654. The van der Waals surface area contributed by atoms with Gasteiger partial charge in [-0.15, -0.1) is 0 Å². The molecule has 8 heteroatoms. The summed E-state index contributed by atoms with van der Waals surface area (Å²) in [6.45, 7) is 8.11. The maximum absolute atomic E-state index is 11.4. The largest absolute Gasteiger partial charge is 0.726 e. The van der Waals surface area contributed by atoms with Gasteiger partial charge < -0.3 is 15.4 Å². The van der Waals surface area contributed by atoms with Gasteiger partial charge in [-0.25, -0.2) is 13.2 Å². The van der Waals surface area contributed by atoms with Crippen molar-refractivity contribution in [2.45, 2.75) is 38.7 Å². The van der Waals surface area contributed by atoms with E-state index < -0.39 is 27.9 Å². The molecular formula is C16H25NO6S. The lowest BCUT2D eigenvalue weighted by atomic mass is 9.82. The predicted molar refractivity (Wildman–Crippen MR) is 90.4 cm³/mol. The normalized spacial score (nSPS) is 12.8. The minimum Gasteiger partial charge on any atom is -0.726 e. The number of carbonyl (C=O) groups is 1. The highest BCUT2D eigenvalue weighted by molar-refractivity contribution is 7.80. The number of benzene rings is 1. The Labute approximate surface area is 143 Å². The first kappa shape index (κ1) is 22.3. The average molecular weight is 359 g/mol. The zero-order valence-corrected chi connectivity index (χ0v) is 15.3. The Balaban J connectivity index is 0.00000529. The van der Waals surface area contributed by atoms with Gasteiger partial charge in [-0.1, -0.05) is 36.9 Å². The van der Waals surface area contributed by atoms with Crippen molar-refractivity contribution in [1.82, 2.24) is 6.15 Å². The second kappa shape index (κ2) is 8.93. The van der Waals surface area contributed by atoms with Crippen molar-refractivity contribution < 1.29 is 26.7 Å². The number of carbonyl (C=O) groups excluding carboxylic acids is 1. The molecule has 0 aliphatic carbocycles. The van der Waals surface area contributed by atoms with Crippen LogP contribution in [0.2, 0.25) is 0 Å². The minimum atomic E-state index is -4.86. The summed E-state index contributed by atoms with van der Waals surface area (Å²) in [5.74, 6) is -0.975. The van der Waals surface area contributed by atoms with Crippen molar-refractivity contribution in [2.24, 2.45) is 0 Å². The van der Waals surface area contributed by atoms with E-state index in [1.165, 1.54) is 20.8 Å². The molecule has 24 heavy (non-hydrogen) atoms. The van der Waals surface area contributed by atoms with E-state index in [9.17, 15) is 17.8 Å². The van der Waals surface area contributed by atoms with Crippen LogP contribution in [0.3, 0.4) is 0 Å². The van der Waals surface area contributed by atoms with Crippen LogP contribution in [0, 0.1) is 0 Å². The summed E-state index contributed by atoms with van der Waals surface area (Å²) < 4.78 is 42.7. The molecular weight excluding hydrogens is 334 g/mol. The molecule has 136 valence electrons. The molecule has 0 amide bonds. The fourth-order valence-corrected chi connectivity index (χ4v) is 2.96. The van der Waals surface area contributed by atoms with Crippen LogP contribution in [0.4, 0.5) is 0 Å². The van der Waals surface area contributed by atoms with Gasteiger partial charge in [-0.3, -0.25) is 4.18 Å². The van der Waals surface area contributed by atoms with E-state index in [0.717, 1.165) is 5.56 Å². The van der Waals surface area contributed by atoms with Crippen molar-refractivity contribution in [1.29, 1.82) is 0 Å². The molecule has 0 fully saturated rings. The van der Waals surface area contributed by atoms with Crippen LogP contribution in [0.5, 0.6) is 0 Å². The van der Waals surface area contributed by atoms with Crippen molar-refractivity contribution in [3.05, 3.63) is 48.0 Å². The monoisotopic (exact) mass is 359 g/mol. The van der Waals surface area contributed by atoms with Crippen LogP contribution in [-0.2, 0) is 24.1 Å². The van der Waals surface area contributed by atoms with E-state index in [-0.39, 0.29) is 18.3 Å². The Morgan fingerprint density at radius 3 is 2.29 bits per heavy atom. The minimum absolute atomic E-state index is 0. The summed E-state index contributed by atoms with van der Waals surface area (Å²) >= 11 is 0. The predicted octanol–water partition coefficient (Wildman–Crippen LogP) is 2.91. The summed E-state index contributed by atoms with van der Waals surface area (Å²) in [5, 5.41) is 0. The molecule has 0 radical (unpaired) electrons. The van der Waals surface area contributed by atoms with Crippen LogP contribution < -0.4 is 6.15 Å². The van der Waals surface area contributed by atoms with Crippen LogP contribution >= 0.6 is 0 Å². The van der Waals surface area contributed by atoms with Gasteiger partial charge in [0, 0.05) is 11.5 Å². The first-order valence-electron chi connectivity index (χ1n) is 7.07. The molecule has 1 atom stereocenters. The van der Waals surface area contributed by atoms with E-state index in [4.69, 9.17) is 8.92 Å². The fourth-order valence-electron chi connectivity index (χ4n) is 2.31. The summed E-state index contributed by atoms with van der Waals surface area (Å²) in [6, 6.07) is 9.01. The van der Waals surface area contributed by atoms with Crippen LogP contribution in [0.15, 0.2) is 42.5 Å². The number of hydrogen-bond donors (Lipinski definition) is 1. The molecule has 0 aliphatic heterocycles. The van der Waals surface area contributed by atoms with Gasteiger partial charge in [-0.2, -0.15) is 0 Å². The zero-order valence-electron chi connectivity index (χ0n) is 14.4. The summed E-state index contributed by atoms with van der Waals surface area (Å²) in [6.07, 6.45) is 0.297. The van der Waals surface area contributed by atoms with Crippen molar-refractivity contribution >= 4 is 16.4 Å². The maximum Gasteiger partial charge on any atom is 0.333 e. The van der Waals surface area contributed by atoms with Crippen LogP contribution in [0.1, 0.15) is 38.7 Å². The van der Waals surface area contributed by atoms with Gasteiger partial charge in [0.15, 0.2) is 0 Å². The molecule has 1 rings (SSSR count). The van der Waals surface area contributed by atoms with E-state index in [1.807, 2.05) is 6.07 Å². The third-order valence-electron chi connectivity index (χ3n) is 3.35. The summed E-state index contributed by atoms with van der Waals surface area (Å²) in [7, 11) is -4.86. The van der Waals surface area contributed by atoms with Crippen molar-refractivity contribution in [2.75, 3.05) is 6.61 Å². The second-order valence-corrected chi connectivity index (χ2v) is 6.75. The third kappa shape index (κ3) is 7.22. The molecule has 0 saturated heterocycles. The molecule has 1 unspecified atom stereocenters. The van der Waals surface area contributed by atoms with Gasteiger partial charge in [0.25, 0.3) is 0 Å². The van der Waals surface area contributed by atoms with E-state index in [1.54, 1.807) is 24.3 Å². The van der Waals surface area contributed by atoms with Gasteiger partial charge in [-0.05, 0) is 32.8 Å². The van der Waals surface area contributed by atoms with Crippen molar-refractivity contribution in [3.63, 3.8) is 0 Å². The van der Waals surface area contributed by atoms with Gasteiger partial charge in [0.05, 0.1) is 12.2 Å². The standard InChI is InChI=1S/C16H22O6S.H3N/c1-12(2)15(17)21-11-10-14(13-8-6-5-7-9-13)16(3,4)22-23(18,19)20;/h5-9,14H,1,10-11H2,2-4H3,(H,18,19,20);1H3. The SMILES string of the molecule is C=C(C)C(=O)OCCC(c1ccccc1)C(C)(C)OS(=O)(=O)[O-].[NH4+]. The van der Waals surface area contributed by atoms with Crippen molar-refractivity contribution in [3.8, 4) is 0 Å². The van der Waals surface area contributed by atoms with E-state index >= 15 is 0 Å². The summed E-state index contributed by atoms with van der Waals surface area (Å²) in [5.41, 5.74) is -0.219. The lowest BCUT2D eigenvalue weighted by molar-refractivity contribution is -0.139. The highest BCUT2D eigenvalue weighted by atomic mass is 32.3. The Hall–Kier alpha value is -1.74. The Morgan fingerprint density at radius 2 is 1.83 bits per heavy atom. The molecule has 0 saturated carbocycles. The van der Waals surface area contributed by atoms with E-state index in [2.05, 4.69) is 6.58 Å². The highest BCUT2D eigenvalue weighted by Crippen LogP contribution is 2.35. The molecule has 0 aliphatic rings. The number of esters is 1. The Kier molecular flexibility index (Phi) is 8.28. The Morgan fingerprint density at radius 1 is 1.29 bits per heavy atom. The number of ether oxygens (including phenoxy) is 1. The zero-order chi connectivity index (χ0) is 17.7. The molecule has 4 N–H and O–H groups in total. The third-order valence-corrected chi connectivity index (χ3v) is 3.98. The van der Waals surface area contributed by atoms with Gasteiger partial charge >= 0.3 is 5.97 Å². The molecule has 1 aromatic carbocycles. The molecule has 1 aromatic rings. The number of hydrogen-bond acceptors (Lipinski definition) is 6. The first-order valence-corrected chi connectivity index (χ1v) is 8.40. The lowest BCUT2D eigenvalue weighted by Gasteiger charge is -2.35. The number of rotatable bonds is 8. The summed E-state index contributed by atoms with van der Waals surface area (Å²) in [4.78, 5) is 11.4. The van der Waals surface area contributed by atoms with E-state index in [0.29, 0.717) is 6.42 Å². The average Bonchev–Trinajstić information content (AvgIpc) is 2.41. The fraction of sp³-hybridized carbons (Fsp3) is 0.438. The molecule has 0 bridgehead atoms. The van der Waals surface area contributed by atoms with Gasteiger partial charge in [0.1, 0.15) is 0 Å². The van der Waals surface area contributed by atoms with Crippen LogP contribution in [0.25, 0.3) is 0 Å². The number of quaternary nitrogens is 1. The van der Waals surface area contributed by atoms with Gasteiger partial charge in [0.2, 0.25) is 10.4 Å². The maximum atomic E-state index is 11.4. The first-order chi connectivity index (χ1) is 10.5. The molecule has 0 spiro atoms. The highest BCUT2D eigenvalue weighted by Gasteiger charge is 2.34. The lowest BCUT2D eigenvalue weighted by Crippen LogP contribution is -2.36. The topological polar surface area (TPSA) is 129 Å². The quantitative estimate of drug-likeness (QED) is 0.329. The second-order valence-electron chi connectivity index (χ2n) is 5.76. The molecule has 0 aromatic heterocycles.